The number of carbonyl (C=O) groups is 1. The zero-order valence-electron chi connectivity index (χ0n) is 10.5. The molecule has 0 spiro atoms. The molecule has 0 radical (unpaired) electrons. The lowest BCUT2D eigenvalue weighted by atomic mass is 10.4. The molecule has 1 aromatic rings. The second kappa shape index (κ2) is 7.99. The van der Waals surface area contributed by atoms with Gasteiger partial charge in [0.1, 0.15) is 16.2 Å². The fourth-order valence-corrected chi connectivity index (χ4v) is 1.78. The smallest absolute Gasteiger partial charge is 0.221 e. The first kappa shape index (κ1) is 14.8. The minimum Gasteiger partial charge on any atom is -0.383 e. The molecule has 0 saturated carbocycles. The second-order valence-corrected chi connectivity index (χ2v) is 4.46. The molecule has 0 bridgehead atoms. The second-order valence-electron chi connectivity index (χ2n) is 3.64. The van der Waals surface area contributed by atoms with Crippen LogP contribution in [0.25, 0.3) is 0 Å². The third kappa shape index (κ3) is 5.92. The number of aromatic nitrogens is 2. The van der Waals surface area contributed by atoms with Crippen molar-refractivity contribution in [3.05, 3.63) is 16.5 Å². The molecule has 18 heavy (non-hydrogen) atoms. The lowest BCUT2D eigenvalue weighted by Crippen LogP contribution is -2.28. The van der Waals surface area contributed by atoms with Gasteiger partial charge in [0.25, 0.3) is 0 Å². The van der Waals surface area contributed by atoms with Gasteiger partial charge in [0.05, 0.1) is 6.61 Å². The Kier molecular flexibility index (Phi) is 6.59. The zero-order chi connectivity index (χ0) is 13.4. The lowest BCUT2D eigenvalue weighted by Gasteiger charge is -2.07. The monoisotopic (exact) mass is 316 g/mol. The summed E-state index contributed by atoms with van der Waals surface area (Å²) in [6.45, 7) is 3.40. The minimum atomic E-state index is -0.00982. The SMILES string of the molecule is COCCNC(=O)CCNc1cc(Br)nc(C)n1. The van der Waals surface area contributed by atoms with Crippen molar-refractivity contribution in [2.75, 3.05) is 32.1 Å². The average Bonchev–Trinajstić information content (AvgIpc) is 2.28. The van der Waals surface area contributed by atoms with Gasteiger partial charge in [0.15, 0.2) is 0 Å². The number of anilines is 1. The van der Waals surface area contributed by atoms with Crippen LogP contribution in [0.5, 0.6) is 0 Å². The van der Waals surface area contributed by atoms with Gasteiger partial charge in [0, 0.05) is 32.7 Å². The summed E-state index contributed by atoms with van der Waals surface area (Å²) in [5, 5.41) is 5.82. The lowest BCUT2D eigenvalue weighted by molar-refractivity contribution is -0.121. The van der Waals surface area contributed by atoms with Crippen molar-refractivity contribution >= 4 is 27.7 Å². The van der Waals surface area contributed by atoms with Crippen LogP contribution in [-0.2, 0) is 9.53 Å². The Morgan fingerprint density at radius 3 is 2.89 bits per heavy atom. The largest absolute Gasteiger partial charge is 0.383 e. The molecule has 0 aliphatic heterocycles. The molecule has 2 N–H and O–H groups in total. The van der Waals surface area contributed by atoms with Crippen molar-refractivity contribution in [1.29, 1.82) is 0 Å². The van der Waals surface area contributed by atoms with E-state index in [1.54, 1.807) is 13.2 Å². The number of nitrogens with one attached hydrogen (secondary N) is 2. The molecular formula is C11H17BrN4O2. The molecule has 0 saturated heterocycles. The molecule has 0 unspecified atom stereocenters. The Balaban J connectivity index is 2.26. The highest BCUT2D eigenvalue weighted by atomic mass is 79.9. The molecule has 7 heteroatoms. The minimum absolute atomic E-state index is 0.00982. The molecule has 6 nitrogen and oxygen atoms in total. The van der Waals surface area contributed by atoms with E-state index in [0.717, 1.165) is 4.60 Å². The van der Waals surface area contributed by atoms with E-state index in [4.69, 9.17) is 4.74 Å². The highest BCUT2D eigenvalue weighted by molar-refractivity contribution is 9.10. The first-order valence-corrected chi connectivity index (χ1v) is 6.42. The molecule has 100 valence electrons. The predicted octanol–water partition coefficient (Wildman–Crippen LogP) is 1.11. The van der Waals surface area contributed by atoms with Gasteiger partial charge in [-0.3, -0.25) is 4.79 Å². The van der Waals surface area contributed by atoms with Crippen molar-refractivity contribution in [2.24, 2.45) is 0 Å². The highest BCUT2D eigenvalue weighted by Gasteiger charge is 2.02. The predicted molar refractivity (Wildman–Crippen MR) is 72.5 cm³/mol. The van der Waals surface area contributed by atoms with Crippen LogP contribution >= 0.6 is 15.9 Å². The molecule has 1 rings (SSSR count). The van der Waals surface area contributed by atoms with Crippen molar-refractivity contribution in [2.45, 2.75) is 13.3 Å². The van der Waals surface area contributed by atoms with Crippen LogP contribution < -0.4 is 10.6 Å². The standard InChI is InChI=1S/C11H17BrN4O2/c1-8-15-9(12)7-10(16-8)13-4-3-11(17)14-5-6-18-2/h7H,3-6H2,1-2H3,(H,14,17)(H,13,15,16). The van der Waals surface area contributed by atoms with Gasteiger partial charge in [-0.25, -0.2) is 9.97 Å². The maximum atomic E-state index is 11.4. The van der Waals surface area contributed by atoms with E-state index < -0.39 is 0 Å². The van der Waals surface area contributed by atoms with Crippen molar-refractivity contribution < 1.29 is 9.53 Å². The van der Waals surface area contributed by atoms with Crippen molar-refractivity contribution in [1.82, 2.24) is 15.3 Å². The van der Waals surface area contributed by atoms with Gasteiger partial charge in [-0.1, -0.05) is 0 Å². The van der Waals surface area contributed by atoms with Crippen LogP contribution in [0.3, 0.4) is 0 Å². The zero-order valence-corrected chi connectivity index (χ0v) is 12.1. The fraction of sp³-hybridized carbons (Fsp3) is 0.545. The van der Waals surface area contributed by atoms with E-state index in [2.05, 4.69) is 36.5 Å². The van der Waals surface area contributed by atoms with Crippen LogP contribution in [0.4, 0.5) is 5.82 Å². The van der Waals surface area contributed by atoms with Crippen LogP contribution in [0, 0.1) is 6.92 Å². The summed E-state index contributed by atoms with van der Waals surface area (Å²) < 4.78 is 5.56. The number of methoxy groups -OCH3 is 1. The number of nitrogens with zero attached hydrogens (tertiary/aromatic N) is 2. The van der Waals surface area contributed by atoms with Crippen LogP contribution in [-0.4, -0.2) is 42.7 Å². The van der Waals surface area contributed by atoms with Crippen molar-refractivity contribution in [3.63, 3.8) is 0 Å². The van der Waals surface area contributed by atoms with E-state index in [-0.39, 0.29) is 5.91 Å². The summed E-state index contributed by atoms with van der Waals surface area (Å²) in [6, 6.07) is 1.77. The maximum Gasteiger partial charge on any atom is 0.221 e. The summed E-state index contributed by atoms with van der Waals surface area (Å²) in [5.41, 5.74) is 0. The van der Waals surface area contributed by atoms with Gasteiger partial charge in [-0.05, 0) is 22.9 Å². The highest BCUT2D eigenvalue weighted by Crippen LogP contribution is 2.11. The van der Waals surface area contributed by atoms with Crippen LogP contribution in [0.1, 0.15) is 12.2 Å². The molecule has 1 heterocycles. The summed E-state index contributed by atoms with van der Waals surface area (Å²) in [5.74, 6) is 1.37. The Labute approximate surface area is 115 Å². The van der Waals surface area contributed by atoms with E-state index in [1.165, 1.54) is 0 Å². The fourth-order valence-electron chi connectivity index (χ4n) is 1.31. The third-order valence-corrected chi connectivity index (χ3v) is 2.50. The van der Waals surface area contributed by atoms with E-state index in [1.807, 2.05) is 6.92 Å². The molecule has 0 aliphatic carbocycles. The van der Waals surface area contributed by atoms with E-state index in [0.29, 0.717) is 37.8 Å². The van der Waals surface area contributed by atoms with Gasteiger partial charge in [0.2, 0.25) is 5.91 Å². The number of amides is 1. The summed E-state index contributed by atoms with van der Waals surface area (Å²) in [6.07, 6.45) is 0.393. The molecule has 0 aliphatic rings. The molecule has 1 amide bonds. The Morgan fingerprint density at radius 2 is 2.22 bits per heavy atom. The third-order valence-electron chi connectivity index (χ3n) is 2.09. The normalized spacial score (nSPS) is 10.2. The van der Waals surface area contributed by atoms with Gasteiger partial charge >= 0.3 is 0 Å². The maximum absolute atomic E-state index is 11.4. The quantitative estimate of drug-likeness (QED) is 0.582. The first-order valence-electron chi connectivity index (χ1n) is 5.62. The number of aryl methyl sites for hydroxylation is 1. The van der Waals surface area contributed by atoms with Gasteiger partial charge in [-0.2, -0.15) is 0 Å². The molecule has 0 aromatic carbocycles. The molecule has 1 aromatic heterocycles. The van der Waals surface area contributed by atoms with Gasteiger partial charge in [-0.15, -0.1) is 0 Å². The topological polar surface area (TPSA) is 76.1 Å². The van der Waals surface area contributed by atoms with Crippen molar-refractivity contribution in [3.8, 4) is 0 Å². The van der Waals surface area contributed by atoms with E-state index in [9.17, 15) is 4.79 Å². The number of hydrogen-bond acceptors (Lipinski definition) is 5. The summed E-state index contributed by atoms with van der Waals surface area (Å²) in [7, 11) is 1.60. The van der Waals surface area contributed by atoms with Crippen LogP contribution in [0.15, 0.2) is 10.7 Å². The van der Waals surface area contributed by atoms with E-state index >= 15 is 0 Å². The Hall–Kier alpha value is -1.21. The number of carbonyl (C=O) groups excluding carboxylic acids is 1. The Morgan fingerprint density at radius 1 is 1.44 bits per heavy atom. The summed E-state index contributed by atoms with van der Waals surface area (Å²) in [4.78, 5) is 19.7. The number of rotatable bonds is 7. The number of hydrogen-bond donors (Lipinski definition) is 2. The number of halogens is 1. The molecule has 0 fully saturated rings. The molecular weight excluding hydrogens is 300 g/mol. The summed E-state index contributed by atoms with van der Waals surface area (Å²) >= 11 is 3.29. The Bertz CT molecular complexity index is 380. The first-order chi connectivity index (χ1) is 8.61. The van der Waals surface area contributed by atoms with Crippen LogP contribution in [0.2, 0.25) is 0 Å². The number of ether oxygens (including phenoxy) is 1. The average molecular weight is 317 g/mol. The van der Waals surface area contributed by atoms with Gasteiger partial charge < -0.3 is 15.4 Å². The molecule has 0 atom stereocenters.